The molecular weight excluding hydrogens is 278 g/mol. The lowest BCUT2D eigenvalue weighted by Crippen LogP contribution is -2.53. The predicted octanol–water partition coefficient (Wildman–Crippen LogP) is 1.09. The van der Waals surface area contributed by atoms with Crippen LogP contribution in [0.5, 0.6) is 0 Å². The van der Waals surface area contributed by atoms with Crippen LogP contribution in [0.15, 0.2) is 0 Å². The Morgan fingerprint density at radius 3 is 2.50 bits per heavy atom. The molecule has 5 nitrogen and oxygen atoms in total. The number of carbonyl (C=O) groups excluding carboxylic acids is 1. The first-order valence-corrected chi connectivity index (χ1v) is 8.98. The van der Waals surface area contributed by atoms with Gasteiger partial charge in [-0.3, -0.25) is 4.79 Å². The molecular formula is C17H31N3O2. The van der Waals surface area contributed by atoms with Gasteiger partial charge in [0, 0.05) is 32.8 Å². The Morgan fingerprint density at radius 1 is 1.18 bits per heavy atom. The van der Waals surface area contributed by atoms with Crippen LogP contribution in [0.25, 0.3) is 0 Å². The van der Waals surface area contributed by atoms with Crippen LogP contribution >= 0.6 is 0 Å². The van der Waals surface area contributed by atoms with Gasteiger partial charge in [0.1, 0.15) is 0 Å². The van der Waals surface area contributed by atoms with Gasteiger partial charge in [0.15, 0.2) is 0 Å². The van der Waals surface area contributed by atoms with Crippen LogP contribution in [0, 0.1) is 5.41 Å². The molecule has 1 atom stereocenters. The molecule has 3 heterocycles. The Labute approximate surface area is 134 Å². The largest absolute Gasteiger partial charge is 0.384 e. The van der Waals surface area contributed by atoms with Crippen molar-refractivity contribution in [1.29, 1.82) is 0 Å². The molecule has 0 aromatic carbocycles. The standard InChI is InChI=1S/C17H31N3O2/c1-22-14-17(7-8-18-13-17)16(21)20-11-5-15(6-12-20)19-9-3-2-4-10-19/h15,18H,2-14H2,1H3. The van der Waals surface area contributed by atoms with Gasteiger partial charge in [0.2, 0.25) is 5.91 Å². The van der Waals surface area contributed by atoms with Gasteiger partial charge in [0.05, 0.1) is 12.0 Å². The van der Waals surface area contributed by atoms with Crippen molar-refractivity contribution in [2.75, 3.05) is 53.0 Å². The number of hydrogen-bond donors (Lipinski definition) is 1. The Morgan fingerprint density at radius 2 is 1.91 bits per heavy atom. The number of carbonyl (C=O) groups is 1. The lowest BCUT2D eigenvalue weighted by Gasteiger charge is -2.42. The summed E-state index contributed by atoms with van der Waals surface area (Å²) in [5, 5.41) is 3.34. The van der Waals surface area contributed by atoms with Crippen LogP contribution in [-0.2, 0) is 9.53 Å². The van der Waals surface area contributed by atoms with Crippen LogP contribution < -0.4 is 5.32 Å². The number of nitrogens with zero attached hydrogens (tertiary/aromatic N) is 2. The molecule has 22 heavy (non-hydrogen) atoms. The zero-order chi connectivity index (χ0) is 15.4. The zero-order valence-electron chi connectivity index (χ0n) is 14.0. The minimum Gasteiger partial charge on any atom is -0.384 e. The third-order valence-electron chi connectivity index (χ3n) is 5.78. The SMILES string of the molecule is COCC1(C(=O)N2CCC(N3CCCCC3)CC2)CCNC1. The lowest BCUT2D eigenvalue weighted by atomic mass is 9.85. The minimum atomic E-state index is -0.313. The highest BCUT2D eigenvalue weighted by atomic mass is 16.5. The Hall–Kier alpha value is -0.650. The van der Waals surface area contributed by atoms with Crippen LogP contribution in [-0.4, -0.2) is 74.7 Å². The second-order valence-electron chi connectivity index (χ2n) is 7.26. The summed E-state index contributed by atoms with van der Waals surface area (Å²) in [4.78, 5) is 17.8. The van der Waals surface area contributed by atoms with E-state index in [4.69, 9.17) is 4.74 Å². The summed E-state index contributed by atoms with van der Waals surface area (Å²) >= 11 is 0. The number of nitrogens with one attached hydrogen (secondary N) is 1. The minimum absolute atomic E-state index is 0.313. The predicted molar refractivity (Wildman–Crippen MR) is 86.8 cm³/mol. The quantitative estimate of drug-likeness (QED) is 0.844. The summed E-state index contributed by atoms with van der Waals surface area (Å²) in [5.41, 5.74) is -0.313. The molecule has 3 aliphatic rings. The van der Waals surface area contributed by atoms with Gasteiger partial charge >= 0.3 is 0 Å². The van der Waals surface area contributed by atoms with Crippen molar-refractivity contribution in [3.8, 4) is 0 Å². The van der Waals surface area contributed by atoms with E-state index in [1.54, 1.807) is 7.11 Å². The molecule has 3 rings (SSSR count). The maximum absolute atomic E-state index is 13.0. The maximum Gasteiger partial charge on any atom is 0.232 e. The fourth-order valence-electron chi connectivity index (χ4n) is 4.44. The van der Waals surface area contributed by atoms with Crippen molar-refractivity contribution < 1.29 is 9.53 Å². The van der Waals surface area contributed by atoms with Crippen molar-refractivity contribution in [3.05, 3.63) is 0 Å². The number of rotatable bonds is 4. The van der Waals surface area contributed by atoms with Gasteiger partial charge in [-0.1, -0.05) is 6.42 Å². The molecule has 3 saturated heterocycles. The Kier molecular flexibility index (Phi) is 5.37. The van der Waals surface area contributed by atoms with Crippen LogP contribution in [0.1, 0.15) is 38.5 Å². The zero-order valence-corrected chi connectivity index (χ0v) is 14.0. The van der Waals surface area contributed by atoms with Gasteiger partial charge in [-0.05, 0) is 51.7 Å². The molecule has 0 bridgehead atoms. The van der Waals surface area contributed by atoms with E-state index in [9.17, 15) is 4.79 Å². The molecule has 3 fully saturated rings. The third kappa shape index (κ3) is 3.31. The summed E-state index contributed by atoms with van der Waals surface area (Å²) in [5.74, 6) is 0.316. The normalized spacial score (nSPS) is 31.6. The molecule has 0 aromatic heterocycles. The second kappa shape index (κ2) is 7.28. The van der Waals surface area contributed by atoms with Crippen molar-refractivity contribution in [2.45, 2.75) is 44.6 Å². The van der Waals surface area contributed by atoms with E-state index in [1.165, 1.54) is 32.4 Å². The highest BCUT2D eigenvalue weighted by molar-refractivity contribution is 5.83. The van der Waals surface area contributed by atoms with E-state index >= 15 is 0 Å². The summed E-state index contributed by atoms with van der Waals surface area (Å²) in [6.45, 7) is 6.61. The fraction of sp³-hybridized carbons (Fsp3) is 0.941. The Balaban J connectivity index is 1.54. The molecule has 1 unspecified atom stereocenters. The average Bonchev–Trinajstić information content (AvgIpc) is 3.05. The number of likely N-dealkylation sites (tertiary alicyclic amines) is 2. The first-order chi connectivity index (χ1) is 10.7. The molecule has 1 amide bonds. The molecule has 5 heteroatoms. The fourth-order valence-corrected chi connectivity index (χ4v) is 4.44. The van der Waals surface area contributed by atoms with Crippen molar-refractivity contribution >= 4 is 5.91 Å². The smallest absolute Gasteiger partial charge is 0.232 e. The van der Waals surface area contributed by atoms with Crippen molar-refractivity contribution in [1.82, 2.24) is 15.1 Å². The van der Waals surface area contributed by atoms with E-state index < -0.39 is 0 Å². The molecule has 126 valence electrons. The lowest BCUT2D eigenvalue weighted by molar-refractivity contribution is -0.145. The van der Waals surface area contributed by atoms with Gasteiger partial charge in [-0.2, -0.15) is 0 Å². The van der Waals surface area contributed by atoms with Crippen molar-refractivity contribution in [3.63, 3.8) is 0 Å². The summed E-state index contributed by atoms with van der Waals surface area (Å²) in [6, 6.07) is 0.699. The number of piperidine rings is 2. The van der Waals surface area contributed by atoms with E-state index in [-0.39, 0.29) is 5.41 Å². The number of hydrogen-bond acceptors (Lipinski definition) is 4. The first-order valence-electron chi connectivity index (χ1n) is 8.98. The van der Waals surface area contributed by atoms with E-state index in [2.05, 4.69) is 15.1 Å². The van der Waals surface area contributed by atoms with Crippen LogP contribution in [0.4, 0.5) is 0 Å². The molecule has 0 spiro atoms. The topological polar surface area (TPSA) is 44.8 Å². The van der Waals surface area contributed by atoms with Crippen molar-refractivity contribution in [2.24, 2.45) is 5.41 Å². The van der Waals surface area contributed by atoms with Crippen LogP contribution in [0.3, 0.4) is 0 Å². The molecule has 1 N–H and O–H groups in total. The number of ether oxygens (including phenoxy) is 1. The number of amides is 1. The second-order valence-corrected chi connectivity index (χ2v) is 7.26. The molecule has 0 radical (unpaired) electrons. The highest BCUT2D eigenvalue weighted by Crippen LogP contribution is 2.30. The molecule has 0 aliphatic carbocycles. The molecule has 3 aliphatic heterocycles. The van der Waals surface area contributed by atoms with Crippen LogP contribution in [0.2, 0.25) is 0 Å². The number of methoxy groups -OCH3 is 1. The van der Waals surface area contributed by atoms with Gasteiger partial charge < -0.3 is 19.9 Å². The van der Waals surface area contributed by atoms with E-state index in [1.807, 2.05) is 0 Å². The summed E-state index contributed by atoms with van der Waals surface area (Å²) < 4.78 is 5.36. The summed E-state index contributed by atoms with van der Waals surface area (Å²) in [6.07, 6.45) is 7.28. The molecule has 0 aromatic rings. The highest BCUT2D eigenvalue weighted by Gasteiger charge is 2.44. The van der Waals surface area contributed by atoms with E-state index in [0.29, 0.717) is 18.6 Å². The summed E-state index contributed by atoms with van der Waals surface area (Å²) in [7, 11) is 1.70. The van der Waals surface area contributed by atoms with Gasteiger partial charge in [0.25, 0.3) is 0 Å². The first kappa shape index (κ1) is 16.2. The van der Waals surface area contributed by atoms with Gasteiger partial charge in [-0.15, -0.1) is 0 Å². The third-order valence-corrected chi connectivity index (χ3v) is 5.78. The maximum atomic E-state index is 13.0. The monoisotopic (exact) mass is 309 g/mol. The van der Waals surface area contributed by atoms with E-state index in [0.717, 1.165) is 45.4 Å². The molecule has 0 saturated carbocycles. The Bertz CT molecular complexity index is 368. The van der Waals surface area contributed by atoms with Gasteiger partial charge in [-0.25, -0.2) is 0 Å². The average molecular weight is 309 g/mol.